The van der Waals surface area contributed by atoms with Crippen molar-refractivity contribution in [2.75, 3.05) is 11.1 Å². The highest BCUT2D eigenvalue weighted by atomic mass is 16.5. The lowest BCUT2D eigenvalue weighted by molar-refractivity contribution is -0.115. The van der Waals surface area contributed by atoms with Gasteiger partial charge >= 0.3 is 0 Å². The topological polar surface area (TPSA) is 142 Å². The molecule has 9 nitrogen and oxygen atoms in total. The molecule has 0 spiro atoms. The number of hydrogen-bond acceptors (Lipinski definition) is 6. The third-order valence-electron chi connectivity index (χ3n) is 6.44. The van der Waals surface area contributed by atoms with E-state index in [9.17, 15) is 9.59 Å². The lowest BCUT2D eigenvalue weighted by atomic mass is 9.62. The van der Waals surface area contributed by atoms with E-state index in [2.05, 4.69) is 29.4 Å². The van der Waals surface area contributed by atoms with E-state index in [0.29, 0.717) is 23.0 Å². The number of rotatable bonds is 7. The quantitative estimate of drug-likeness (QED) is 0.498. The first-order valence-electron chi connectivity index (χ1n) is 11.1. The predicted molar refractivity (Wildman–Crippen MR) is 126 cm³/mol. The van der Waals surface area contributed by atoms with Gasteiger partial charge < -0.3 is 21.3 Å². The van der Waals surface area contributed by atoms with Crippen LogP contribution in [0.3, 0.4) is 0 Å². The number of aromatic nitrogens is 3. The van der Waals surface area contributed by atoms with Crippen LogP contribution < -0.4 is 16.8 Å². The average molecular weight is 451 g/mol. The van der Waals surface area contributed by atoms with Gasteiger partial charge in [-0.05, 0) is 37.7 Å². The van der Waals surface area contributed by atoms with Gasteiger partial charge in [0, 0.05) is 23.6 Å². The fourth-order valence-electron chi connectivity index (χ4n) is 4.34. The van der Waals surface area contributed by atoms with Crippen LogP contribution in [-0.4, -0.2) is 26.8 Å². The summed E-state index contributed by atoms with van der Waals surface area (Å²) in [5.41, 5.74) is 14.0. The Morgan fingerprint density at radius 1 is 1.27 bits per heavy atom. The summed E-state index contributed by atoms with van der Waals surface area (Å²) in [7, 11) is 0. The van der Waals surface area contributed by atoms with Crippen LogP contribution in [0.2, 0.25) is 0 Å². The molecule has 5 N–H and O–H groups in total. The second-order valence-corrected chi connectivity index (χ2v) is 9.63. The maximum Gasteiger partial charge on any atom is 0.254 e. The molecule has 1 aromatic carbocycles. The number of anilines is 2. The average Bonchev–Trinajstić information content (AvgIpc) is 3.31. The van der Waals surface area contributed by atoms with Crippen LogP contribution in [0.1, 0.15) is 74.2 Å². The van der Waals surface area contributed by atoms with Gasteiger partial charge in [0.2, 0.25) is 5.91 Å². The highest BCUT2D eigenvalue weighted by molar-refractivity contribution is 6.03. The van der Waals surface area contributed by atoms with Gasteiger partial charge in [0.1, 0.15) is 22.8 Å². The second-order valence-electron chi connectivity index (χ2n) is 9.63. The predicted octanol–water partition coefficient (Wildman–Crippen LogP) is 3.88. The van der Waals surface area contributed by atoms with E-state index in [1.54, 1.807) is 16.8 Å². The molecule has 0 aliphatic heterocycles. The molecule has 0 bridgehead atoms. The van der Waals surface area contributed by atoms with E-state index >= 15 is 0 Å². The summed E-state index contributed by atoms with van der Waals surface area (Å²) in [6, 6.07) is 9.02. The van der Waals surface area contributed by atoms with Crippen molar-refractivity contribution >= 4 is 23.5 Å². The van der Waals surface area contributed by atoms with Crippen LogP contribution in [0.4, 0.5) is 11.6 Å². The molecule has 174 valence electrons. The van der Waals surface area contributed by atoms with Crippen molar-refractivity contribution in [2.45, 2.75) is 58.9 Å². The lowest BCUT2D eigenvalue weighted by Crippen LogP contribution is -2.32. The van der Waals surface area contributed by atoms with E-state index in [-0.39, 0.29) is 35.2 Å². The third kappa shape index (κ3) is 4.35. The summed E-state index contributed by atoms with van der Waals surface area (Å²) in [6.07, 6.45) is 2.39. The fraction of sp³-hybridized carbons (Fsp3) is 0.417. The summed E-state index contributed by atoms with van der Waals surface area (Å²) in [5.74, 6) is 0.998. The van der Waals surface area contributed by atoms with Crippen LogP contribution in [0, 0.1) is 5.41 Å². The smallest absolute Gasteiger partial charge is 0.254 e. The van der Waals surface area contributed by atoms with Gasteiger partial charge in [-0.3, -0.25) is 9.59 Å². The minimum absolute atomic E-state index is 0.0211. The third-order valence-corrected chi connectivity index (χ3v) is 6.44. The van der Waals surface area contributed by atoms with E-state index in [1.165, 1.54) is 0 Å². The van der Waals surface area contributed by atoms with Crippen molar-refractivity contribution in [1.29, 1.82) is 0 Å². The zero-order valence-electron chi connectivity index (χ0n) is 19.4. The van der Waals surface area contributed by atoms with Crippen molar-refractivity contribution in [3.63, 3.8) is 0 Å². The Balaban J connectivity index is 1.44. The maximum absolute atomic E-state index is 12.5. The second kappa shape index (κ2) is 8.38. The molecule has 33 heavy (non-hydrogen) atoms. The molecule has 2 heterocycles. The number of nitrogen functional groups attached to an aromatic ring is 1. The molecule has 0 radical (unpaired) electrons. The number of nitrogens with one attached hydrogen (secondary N) is 1. The molecule has 3 aromatic rings. The van der Waals surface area contributed by atoms with Crippen molar-refractivity contribution in [3.05, 3.63) is 47.2 Å². The molecule has 1 saturated carbocycles. The van der Waals surface area contributed by atoms with Gasteiger partial charge in [-0.1, -0.05) is 43.3 Å². The van der Waals surface area contributed by atoms with Gasteiger partial charge in [0.25, 0.3) is 5.91 Å². The van der Waals surface area contributed by atoms with Crippen molar-refractivity contribution in [3.8, 4) is 11.3 Å². The molecule has 1 atom stereocenters. The zero-order chi connectivity index (χ0) is 23.9. The summed E-state index contributed by atoms with van der Waals surface area (Å²) in [4.78, 5) is 24.5. The Morgan fingerprint density at radius 3 is 2.52 bits per heavy atom. The molecular formula is C24H30N6O3. The van der Waals surface area contributed by atoms with Gasteiger partial charge in [-0.25, -0.2) is 4.68 Å². The first kappa shape index (κ1) is 22.6. The normalized spacial score (nSPS) is 17.1. The first-order chi connectivity index (χ1) is 15.6. The highest BCUT2D eigenvalue weighted by Crippen LogP contribution is 2.52. The summed E-state index contributed by atoms with van der Waals surface area (Å²) in [5, 5.41) is 11.3. The Labute approximate surface area is 192 Å². The number of primary amides is 1. The fourth-order valence-corrected chi connectivity index (χ4v) is 4.34. The SMILES string of the molecule is CC(C)n1nc(-c2ccc(CC(=O)Nc3cc(C4CCC4(C)C)on3)cc2)c(C(N)=O)c1N. The number of nitrogens with zero attached hydrogens (tertiary/aromatic N) is 3. The molecular weight excluding hydrogens is 420 g/mol. The van der Waals surface area contributed by atoms with E-state index in [1.807, 2.05) is 32.0 Å². The van der Waals surface area contributed by atoms with Crippen molar-refractivity contribution < 1.29 is 14.1 Å². The Kier molecular flexibility index (Phi) is 5.73. The van der Waals surface area contributed by atoms with E-state index < -0.39 is 5.91 Å². The van der Waals surface area contributed by atoms with E-state index in [4.69, 9.17) is 16.0 Å². The zero-order valence-corrected chi connectivity index (χ0v) is 19.4. The molecule has 1 fully saturated rings. The summed E-state index contributed by atoms with van der Waals surface area (Å²) < 4.78 is 7.03. The molecule has 2 aromatic heterocycles. The molecule has 0 saturated heterocycles. The molecule has 9 heteroatoms. The number of amides is 2. The number of benzene rings is 1. The van der Waals surface area contributed by atoms with Gasteiger partial charge in [-0.2, -0.15) is 5.10 Å². The van der Waals surface area contributed by atoms with Crippen LogP contribution in [0.5, 0.6) is 0 Å². The van der Waals surface area contributed by atoms with Gasteiger partial charge in [0.15, 0.2) is 5.82 Å². The number of carbonyl (C=O) groups excluding carboxylic acids is 2. The molecule has 1 aliphatic rings. The lowest BCUT2D eigenvalue weighted by Gasteiger charge is -2.42. The molecule has 1 aliphatic carbocycles. The van der Waals surface area contributed by atoms with Crippen LogP contribution >= 0.6 is 0 Å². The minimum atomic E-state index is -0.630. The Hall–Kier alpha value is -3.62. The molecule has 2 amide bonds. The number of nitrogens with two attached hydrogens (primary N) is 2. The van der Waals surface area contributed by atoms with Crippen molar-refractivity contribution in [1.82, 2.24) is 14.9 Å². The Bertz CT molecular complexity index is 1190. The van der Waals surface area contributed by atoms with E-state index in [0.717, 1.165) is 24.2 Å². The molecule has 4 rings (SSSR count). The maximum atomic E-state index is 12.5. The summed E-state index contributed by atoms with van der Waals surface area (Å²) >= 11 is 0. The van der Waals surface area contributed by atoms with Crippen LogP contribution in [0.15, 0.2) is 34.9 Å². The number of carbonyl (C=O) groups is 2. The number of hydrogen-bond donors (Lipinski definition) is 3. The summed E-state index contributed by atoms with van der Waals surface area (Å²) in [6.45, 7) is 8.26. The van der Waals surface area contributed by atoms with Crippen molar-refractivity contribution in [2.24, 2.45) is 11.1 Å². The Morgan fingerprint density at radius 2 is 1.97 bits per heavy atom. The molecule has 1 unspecified atom stereocenters. The highest BCUT2D eigenvalue weighted by Gasteiger charge is 2.41. The minimum Gasteiger partial charge on any atom is -0.383 e. The largest absolute Gasteiger partial charge is 0.383 e. The monoisotopic (exact) mass is 450 g/mol. The van der Waals surface area contributed by atoms with Gasteiger partial charge in [-0.15, -0.1) is 0 Å². The van der Waals surface area contributed by atoms with Crippen LogP contribution in [0.25, 0.3) is 11.3 Å². The van der Waals surface area contributed by atoms with Gasteiger partial charge in [0.05, 0.1) is 6.42 Å². The standard InChI is InChI=1S/C24H30N6O3/c1-13(2)30-22(25)20(23(26)32)21(28-30)15-7-5-14(6-8-15)11-19(31)27-18-12-17(33-29-18)16-9-10-24(16,3)4/h5-8,12-13,16H,9-11,25H2,1-4H3,(H2,26,32)(H,27,29,31). The van der Waals surface area contributed by atoms with Crippen LogP contribution in [-0.2, 0) is 11.2 Å². The first-order valence-corrected chi connectivity index (χ1v) is 11.1.